The van der Waals surface area contributed by atoms with Crippen LogP contribution in [0.2, 0.25) is 0 Å². The van der Waals surface area contributed by atoms with Gasteiger partial charge in [0.1, 0.15) is 5.82 Å². The molecular weight excluding hydrogens is 376 g/mol. The molecule has 0 aliphatic heterocycles. The zero-order valence-corrected chi connectivity index (χ0v) is 16.8. The van der Waals surface area contributed by atoms with Crippen molar-refractivity contribution in [3.05, 3.63) is 64.1 Å². The van der Waals surface area contributed by atoms with E-state index in [1.807, 2.05) is 37.3 Å². The minimum atomic E-state index is -0.218. The van der Waals surface area contributed by atoms with Gasteiger partial charge in [-0.15, -0.1) is 21.5 Å². The average molecular weight is 399 g/mol. The molecule has 3 aromatic rings. The van der Waals surface area contributed by atoms with Gasteiger partial charge in [-0.1, -0.05) is 48.2 Å². The molecule has 1 aliphatic rings. The predicted octanol–water partition coefficient (Wildman–Crippen LogP) is 4.06. The van der Waals surface area contributed by atoms with E-state index in [1.54, 1.807) is 11.3 Å². The van der Waals surface area contributed by atoms with Crippen LogP contribution >= 0.6 is 23.1 Å². The zero-order chi connectivity index (χ0) is 18.6. The molecule has 1 atom stereocenters. The number of carbonyl (C=O) groups excluding carboxylic acids is 1. The Morgan fingerprint density at radius 3 is 2.78 bits per heavy atom. The molecule has 27 heavy (non-hydrogen) atoms. The van der Waals surface area contributed by atoms with Crippen molar-refractivity contribution >= 4 is 29.0 Å². The number of nitrogens with zero attached hydrogens (tertiary/aromatic N) is 3. The molecule has 0 spiro atoms. The average Bonchev–Trinajstić information content (AvgIpc) is 3.25. The highest BCUT2D eigenvalue weighted by Gasteiger charge is 2.31. The van der Waals surface area contributed by atoms with Crippen LogP contribution in [0.4, 0.5) is 0 Å². The number of hydrogen-bond acceptors (Lipinski definition) is 5. The zero-order valence-electron chi connectivity index (χ0n) is 15.2. The number of nitrogens with one attached hydrogen (secondary N) is 1. The predicted molar refractivity (Wildman–Crippen MR) is 109 cm³/mol. The third-order valence-corrected chi connectivity index (χ3v) is 6.45. The maximum atomic E-state index is 12.5. The van der Waals surface area contributed by atoms with Gasteiger partial charge in [-0.05, 0) is 36.8 Å². The smallest absolute Gasteiger partial charge is 0.233 e. The van der Waals surface area contributed by atoms with Gasteiger partial charge < -0.3 is 9.88 Å². The lowest BCUT2D eigenvalue weighted by Crippen LogP contribution is -2.30. The third kappa shape index (κ3) is 4.59. The van der Waals surface area contributed by atoms with Gasteiger partial charge >= 0.3 is 0 Å². The van der Waals surface area contributed by atoms with E-state index in [9.17, 15) is 4.79 Å². The van der Waals surface area contributed by atoms with E-state index in [4.69, 9.17) is 0 Å². The second-order valence-electron chi connectivity index (χ2n) is 6.72. The fourth-order valence-corrected chi connectivity index (χ4v) is 4.58. The lowest BCUT2D eigenvalue weighted by atomic mass is 10.2. The molecule has 140 valence electrons. The Balaban J connectivity index is 1.41. The highest BCUT2D eigenvalue weighted by Crippen LogP contribution is 2.40. The van der Waals surface area contributed by atoms with Crippen molar-refractivity contribution in [1.29, 1.82) is 0 Å². The molecule has 2 aromatic heterocycles. The Morgan fingerprint density at radius 2 is 2.07 bits per heavy atom. The third-order valence-electron chi connectivity index (χ3n) is 4.52. The number of thioether (sulfide) groups is 1. The molecule has 1 aromatic carbocycles. The van der Waals surface area contributed by atoms with Crippen molar-refractivity contribution < 1.29 is 4.79 Å². The molecular formula is C20H22N4OS2. The van der Waals surface area contributed by atoms with E-state index in [0.29, 0.717) is 12.6 Å². The second kappa shape index (κ2) is 8.27. The Labute approximate surface area is 167 Å². The summed E-state index contributed by atoms with van der Waals surface area (Å²) in [5, 5.41) is 14.6. The van der Waals surface area contributed by atoms with Crippen LogP contribution in [0.15, 0.2) is 53.0 Å². The Morgan fingerprint density at radius 1 is 1.26 bits per heavy atom. The van der Waals surface area contributed by atoms with Crippen molar-refractivity contribution in [2.24, 2.45) is 0 Å². The first-order chi connectivity index (χ1) is 13.2. The SMILES string of the molecule is CC(Sc1nnc(Cc2cccs2)n1C1CC1)C(=O)NCc1ccccc1. The number of aromatic nitrogens is 3. The monoisotopic (exact) mass is 398 g/mol. The first-order valence-electron chi connectivity index (χ1n) is 9.15. The molecule has 1 unspecified atom stereocenters. The van der Waals surface area contributed by atoms with Crippen LogP contribution in [-0.2, 0) is 17.8 Å². The van der Waals surface area contributed by atoms with Crippen LogP contribution in [0.3, 0.4) is 0 Å². The van der Waals surface area contributed by atoms with Crippen molar-refractivity contribution in [1.82, 2.24) is 20.1 Å². The molecule has 4 rings (SSSR count). The first kappa shape index (κ1) is 18.3. The van der Waals surface area contributed by atoms with Crippen LogP contribution in [0.25, 0.3) is 0 Å². The molecule has 1 aliphatic carbocycles. The van der Waals surface area contributed by atoms with E-state index < -0.39 is 0 Å². The van der Waals surface area contributed by atoms with Crippen molar-refractivity contribution in [3.63, 3.8) is 0 Å². The highest BCUT2D eigenvalue weighted by molar-refractivity contribution is 8.00. The van der Waals surface area contributed by atoms with Gasteiger partial charge in [0.2, 0.25) is 5.91 Å². The summed E-state index contributed by atoms with van der Waals surface area (Å²) in [6, 6.07) is 14.6. The summed E-state index contributed by atoms with van der Waals surface area (Å²) in [6.45, 7) is 2.47. The lowest BCUT2D eigenvalue weighted by molar-refractivity contribution is -0.120. The summed E-state index contributed by atoms with van der Waals surface area (Å²) >= 11 is 3.24. The number of rotatable bonds is 8. The van der Waals surface area contributed by atoms with E-state index in [2.05, 4.69) is 37.6 Å². The number of carbonyl (C=O) groups is 1. The lowest BCUT2D eigenvalue weighted by Gasteiger charge is -2.13. The van der Waals surface area contributed by atoms with Gasteiger partial charge in [-0.25, -0.2) is 0 Å². The molecule has 0 radical (unpaired) electrons. The highest BCUT2D eigenvalue weighted by atomic mass is 32.2. The van der Waals surface area contributed by atoms with Gasteiger partial charge in [-0.2, -0.15) is 0 Å². The summed E-state index contributed by atoms with van der Waals surface area (Å²) in [4.78, 5) is 13.8. The van der Waals surface area contributed by atoms with Crippen molar-refractivity contribution in [2.45, 2.75) is 49.2 Å². The minimum absolute atomic E-state index is 0.0222. The summed E-state index contributed by atoms with van der Waals surface area (Å²) in [6.07, 6.45) is 3.13. The van der Waals surface area contributed by atoms with Crippen molar-refractivity contribution in [2.75, 3.05) is 0 Å². The standard InChI is InChI=1S/C20H22N4OS2/c1-14(19(25)21-13-15-6-3-2-4-7-15)27-20-23-22-18(24(20)16-9-10-16)12-17-8-5-11-26-17/h2-8,11,14,16H,9-10,12-13H2,1H3,(H,21,25). The van der Waals surface area contributed by atoms with E-state index in [-0.39, 0.29) is 11.2 Å². The maximum absolute atomic E-state index is 12.5. The molecule has 0 bridgehead atoms. The fourth-order valence-electron chi connectivity index (χ4n) is 2.92. The van der Waals surface area contributed by atoms with E-state index in [1.165, 1.54) is 16.6 Å². The van der Waals surface area contributed by atoms with Gasteiger partial charge in [0.15, 0.2) is 5.16 Å². The number of benzene rings is 1. The van der Waals surface area contributed by atoms with E-state index >= 15 is 0 Å². The molecule has 0 saturated heterocycles. The summed E-state index contributed by atoms with van der Waals surface area (Å²) in [7, 11) is 0. The summed E-state index contributed by atoms with van der Waals surface area (Å²) < 4.78 is 2.24. The first-order valence-corrected chi connectivity index (χ1v) is 10.9. The minimum Gasteiger partial charge on any atom is -0.351 e. The number of hydrogen-bond donors (Lipinski definition) is 1. The van der Waals surface area contributed by atoms with Gasteiger partial charge in [0.05, 0.1) is 5.25 Å². The quantitative estimate of drug-likeness (QED) is 0.581. The van der Waals surface area contributed by atoms with Gasteiger partial charge in [-0.3, -0.25) is 4.79 Å². The summed E-state index contributed by atoms with van der Waals surface area (Å²) in [5.74, 6) is 1.02. The van der Waals surface area contributed by atoms with Crippen LogP contribution in [0, 0.1) is 0 Å². The largest absolute Gasteiger partial charge is 0.351 e. The Bertz CT molecular complexity index is 888. The van der Waals surface area contributed by atoms with Crippen molar-refractivity contribution in [3.8, 4) is 0 Å². The summed E-state index contributed by atoms with van der Waals surface area (Å²) in [5.41, 5.74) is 1.10. The molecule has 5 nitrogen and oxygen atoms in total. The van der Waals surface area contributed by atoms with Crippen LogP contribution < -0.4 is 5.32 Å². The van der Waals surface area contributed by atoms with Gasteiger partial charge in [0, 0.05) is 23.9 Å². The molecule has 2 heterocycles. The van der Waals surface area contributed by atoms with Crippen LogP contribution in [0.1, 0.15) is 42.1 Å². The topological polar surface area (TPSA) is 59.8 Å². The van der Waals surface area contributed by atoms with Gasteiger partial charge in [0.25, 0.3) is 0 Å². The molecule has 1 saturated carbocycles. The maximum Gasteiger partial charge on any atom is 0.233 e. The molecule has 1 amide bonds. The molecule has 1 fully saturated rings. The van der Waals surface area contributed by atoms with E-state index in [0.717, 1.165) is 35.8 Å². The molecule has 1 N–H and O–H groups in total. The van der Waals surface area contributed by atoms with Crippen LogP contribution in [-0.4, -0.2) is 25.9 Å². The van der Waals surface area contributed by atoms with Crippen LogP contribution in [0.5, 0.6) is 0 Å². The molecule has 7 heteroatoms. The Hall–Kier alpha value is -2.12. The fraction of sp³-hybridized carbons (Fsp3) is 0.350. The number of amides is 1. The Kier molecular flexibility index (Phi) is 5.59. The second-order valence-corrected chi connectivity index (χ2v) is 9.06. The number of thiophene rings is 1. The normalized spacial score (nSPS) is 14.9.